The number of carbonyl (C=O) groups is 1. The van der Waals surface area contributed by atoms with Gasteiger partial charge in [-0.05, 0) is 30.7 Å². The molecule has 3 rings (SSSR count). The Kier molecular flexibility index (Phi) is 4.63. The third-order valence-corrected chi connectivity index (χ3v) is 3.63. The lowest BCUT2D eigenvalue weighted by atomic mass is 10.2. The number of aryl methyl sites for hydroxylation is 1. The second kappa shape index (κ2) is 6.84. The van der Waals surface area contributed by atoms with E-state index in [9.17, 15) is 9.18 Å². The number of hydrogen-bond donors (Lipinski definition) is 2. The van der Waals surface area contributed by atoms with Crippen molar-refractivity contribution in [1.82, 2.24) is 25.6 Å². The second-order valence-electron chi connectivity index (χ2n) is 5.39. The molecule has 0 saturated carbocycles. The van der Waals surface area contributed by atoms with E-state index in [0.29, 0.717) is 30.9 Å². The first kappa shape index (κ1) is 15.6. The molecule has 1 atom stereocenters. The maximum absolute atomic E-state index is 13.1. The Morgan fingerprint density at radius 1 is 1.57 bits per heavy atom. The summed E-state index contributed by atoms with van der Waals surface area (Å²) in [5, 5.41) is 13.8. The molecule has 0 radical (unpaired) electrons. The van der Waals surface area contributed by atoms with Gasteiger partial charge in [-0.1, -0.05) is 5.21 Å². The largest absolute Gasteiger partial charge is 0.374 e. The minimum atomic E-state index is -0.315. The van der Waals surface area contributed by atoms with Crippen molar-refractivity contribution in [3.8, 4) is 5.69 Å². The second-order valence-corrected chi connectivity index (χ2v) is 5.39. The van der Waals surface area contributed by atoms with Crippen LogP contribution in [0.15, 0.2) is 24.4 Å². The minimum Gasteiger partial charge on any atom is -0.374 e. The van der Waals surface area contributed by atoms with Gasteiger partial charge in [0, 0.05) is 19.6 Å². The number of halogens is 1. The van der Waals surface area contributed by atoms with Gasteiger partial charge in [-0.3, -0.25) is 4.79 Å². The van der Waals surface area contributed by atoms with Crippen molar-refractivity contribution in [2.45, 2.75) is 13.0 Å². The average molecular weight is 319 g/mol. The predicted molar refractivity (Wildman–Crippen MR) is 81.0 cm³/mol. The number of amides is 1. The van der Waals surface area contributed by atoms with Crippen molar-refractivity contribution < 1.29 is 13.9 Å². The van der Waals surface area contributed by atoms with Crippen LogP contribution in [0, 0.1) is 12.7 Å². The third-order valence-electron chi connectivity index (χ3n) is 3.63. The van der Waals surface area contributed by atoms with Crippen molar-refractivity contribution in [2.75, 3.05) is 26.2 Å². The Bertz CT molecular complexity index is 697. The highest BCUT2D eigenvalue weighted by atomic mass is 19.1. The zero-order chi connectivity index (χ0) is 16.2. The first-order valence-corrected chi connectivity index (χ1v) is 7.43. The molecule has 2 heterocycles. The van der Waals surface area contributed by atoms with Gasteiger partial charge < -0.3 is 15.4 Å². The number of aromatic nitrogens is 3. The lowest BCUT2D eigenvalue weighted by Crippen LogP contribution is -2.45. The molecular formula is C15H18FN5O2. The molecule has 8 heteroatoms. The van der Waals surface area contributed by atoms with Gasteiger partial charge in [-0.15, -0.1) is 5.10 Å². The molecule has 1 fully saturated rings. The summed E-state index contributed by atoms with van der Waals surface area (Å²) < 4.78 is 20.1. The van der Waals surface area contributed by atoms with E-state index in [1.54, 1.807) is 13.0 Å². The molecule has 7 nitrogen and oxygen atoms in total. The van der Waals surface area contributed by atoms with Crippen LogP contribution in [0.3, 0.4) is 0 Å². The molecular weight excluding hydrogens is 301 g/mol. The van der Waals surface area contributed by atoms with Crippen LogP contribution >= 0.6 is 0 Å². The molecule has 1 saturated heterocycles. The number of nitrogens with zero attached hydrogens (tertiary/aromatic N) is 3. The molecule has 0 spiro atoms. The zero-order valence-electron chi connectivity index (χ0n) is 12.8. The highest BCUT2D eigenvalue weighted by molar-refractivity contribution is 5.91. The van der Waals surface area contributed by atoms with E-state index in [1.165, 1.54) is 23.0 Å². The minimum absolute atomic E-state index is 0.0397. The summed E-state index contributed by atoms with van der Waals surface area (Å²) in [6.45, 7) is 4.36. The molecule has 0 bridgehead atoms. The number of ether oxygens (including phenoxy) is 1. The summed E-state index contributed by atoms with van der Waals surface area (Å²) >= 11 is 0. The van der Waals surface area contributed by atoms with Gasteiger partial charge in [0.05, 0.1) is 24.6 Å². The van der Waals surface area contributed by atoms with E-state index in [1.807, 2.05) is 0 Å². The smallest absolute Gasteiger partial charge is 0.273 e. The Balaban J connectivity index is 1.65. The van der Waals surface area contributed by atoms with Gasteiger partial charge in [0.15, 0.2) is 5.69 Å². The van der Waals surface area contributed by atoms with Crippen molar-refractivity contribution in [3.05, 3.63) is 41.5 Å². The van der Waals surface area contributed by atoms with Gasteiger partial charge in [-0.25, -0.2) is 9.07 Å². The molecule has 1 amide bonds. The monoisotopic (exact) mass is 319 g/mol. The van der Waals surface area contributed by atoms with Crippen LogP contribution in [-0.2, 0) is 4.74 Å². The fourth-order valence-electron chi connectivity index (χ4n) is 2.41. The predicted octanol–water partition coefficient (Wildman–Crippen LogP) is 0.433. The van der Waals surface area contributed by atoms with Crippen molar-refractivity contribution >= 4 is 5.91 Å². The summed E-state index contributed by atoms with van der Waals surface area (Å²) in [6.07, 6.45) is 1.48. The SMILES string of the molecule is Cc1cc(F)ccc1-n1cc(C(=O)NCC2CNCCO2)nn1. The number of rotatable bonds is 4. The van der Waals surface area contributed by atoms with E-state index in [-0.39, 0.29) is 23.5 Å². The summed E-state index contributed by atoms with van der Waals surface area (Å²) in [6, 6.07) is 4.35. The Morgan fingerprint density at radius 2 is 2.43 bits per heavy atom. The molecule has 1 aliphatic rings. The molecule has 122 valence electrons. The van der Waals surface area contributed by atoms with Crippen LogP contribution < -0.4 is 10.6 Å². The standard InChI is InChI=1S/C15H18FN5O2/c1-10-6-11(16)2-3-14(10)21-9-13(19-20-21)15(22)18-8-12-7-17-4-5-23-12/h2-3,6,9,12,17H,4-5,7-8H2,1H3,(H,18,22). The first-order valence-electron chi connectivity index (χ1n) is 7.43. The topological polar surface area (TPSA) is 81.1 Å². The Hall–Kier alpha value is -2.32. The number of morpholine rings is 1. The molecule has 1 unspecified atom stereocenters. The van der Waals surface area contributed by atoms with Gasteiger partial charge in [0.2, 0.25) is 0 Å². The fourth-order valence-corrected chi connectivity index (χ4v) is 2.41. The summed E-state index contributed by atoms with van der Waals surface area (Å²) in [7, 11) is 0. The van der Waals surface area contributed by atoms with Crippen LogP contribution in [0.4, 0.5) is 4.39 Å². The first-order chi connectivity index (χ1) is 11.1. The molecule has 2 aromatic rings. The van der Waals surface area contributed by atoms with Crippen molar-refractivity contribution in [1.29, 1.82) is 0 Å². The van der Waals surface area contributed by atoms with Gasteiger partial charge >= 0.3 is 0 Å². The lowest BCUT2D eigenvalue weighted by molar-refractivity contribution is 0.0286. The van der Waals surface area contributed by atoms with Crippen LogP contribution in [0.2, 0.25) is 0 Å². The highest BCUT2D eigenvalue weighted by Gasteiger charge is 2.17. The van der Waals surface area contributed by atoms with Gasteiger partial charge in [0.25, 0.3) is 5.91 Å². The quantitative estimate of drug-likeness (QED) is 0.854. The van der Waals surface area contributed by atoms with E-state index in [2.05, 4.69) is 20.9 Å². The highest BCUT2D eigenvalue weighted by Crippen LogP contribution is 2.14. The normalized spacial score (nSPS) is 17.9. The maximum atomic E-state index is 13.1. The van der Waals surface area contributed by atoms with Gasteiger partial charge in [-0.2, -0.15) is 0 Å². The third kappa shape index (κ3) is 3.72. The lowest BCUT2D eigenvalue weighted by Gasteiger charge is -2.23. The molecule has 1 aromatic heterocycles. The van der Waals surface area contributed by atoms with Crippen molar-refractivity contribution in [2.24, 2.45) is 0 Å². The molecule has 23 heavy (non-hydrogen) atoms. The Labute approximate surface area is 132 Å². The average Bonchev–Trinajstić information content (AvgIpc) is 3.03. The maximum Gasteiger partial charge on any atom is 0.273 e. The molecule has 1 aromatic carbocycles. The number of benzene rings is 1. The molecule has 0 aliphatic carbocycles. The zero-order valence-corrected chi connectivity index (χ0v) is 12.8. The fraction of sp³-hybridized carbons (Fsp3) is 0.400. The van der Waals surface area contributed by atoms with Gasteiger partial charge in [0.1, 0.15) is 5.82 Å². The summed E-state index contributed by atoms with van der Waals surface area (Å²) in [5.41, 5.74) is 1.60. The summed E-state index contributed by atoms with van der Waals surface area (Å²) in [5.74, 6) is -0.629. The summed E-state index contributed by atoms with van der Waals surface area (Å²) in [4.78, 5) is 12.1. The Morgan fingerprint density at radius 3 is 3.17 bits per heavy atom. The molecule has 2 N–H and O–H groups in total. The van der Waals surface area contributed by atoms with E-state index < -0.39 is 0 Å². The number of hydrogen-bond acceptors (Lipinski definition) is 5. The van der Waals surface area contributed by atoms with E-state index >= 15 is 0 Å². The van der Waals surface area contributed by atoms with E-state index in [4.69, 9.17) is 4.74 Å². The number of carbonyl (C=O) groups excluding carboxylic acids is 1. The van der Waals surface area contributed by atoms with Crippen LogP contribution in [0.25, 0.3) is 5.69 Å². The molecule has 1 aliphatic heterocycles. The van der Waals surface area contributed by atoms with E-state index in [0.717, 1.165) is 6.54 Å². The van der Waals surface area contributed by atoms with Crippen LogP contribution in [0.5, 0.6) is 0 Å². The van der Waals surface area contributed by atoms with Crippen LogP contribution in [-0.4, -0.2) is 53.2 Å². The number of nitrogens with one attached hydrogen (secondary N) is 2. The van der Waals surface area contributed by atoms with Crippen molar-refractivity contribution in [3.63, 3.8) is 0 Å². The van der Waals surface area contributed by atoms with Crippen LogP contribution in [0.1, 0.15) is 16.1 Å².